The van der Waals surface area contributed by atoms with E-state index in [1.54, 1.807) is 37.6 Å². The van der Waals surface area contributed by atoms with Crippen molar-refractivity contribution in [2.24, 2.45) is 5.92 Å². The second-order valence-corrected chi connectivity index (χ2v) is 12.8. The molecule has 1 aliphatic rings. The number of pyridine rings is 1. The quantitative estimate of drug-likeness (QED) is 0.0849. The van der Waals surface area contributed by atoms with Gasteiger partial charge in [0.1, 0.15) is 11.5 Å². The van der Waals surface area contributed by atoms with Crippen LogP contribution in [0, 0.1) is 59.7 Å². The van der Waals surface area contributed by atoms with Crippen LogP contribution in [0.2, 0.25) is 0 Å². The van der Waals surface area contributed by atoms with Gasteiger partial charge < -0.3 is 30.4 Å². The Balaban J connectivity index is 0.000000227. The van der Waals surface area contributed by atoms with Crippen molar-refractivity contribution in [2.45, 2.75) is 32.2 Å². The summed E-state index contributed by atoms with van der Waals surface area (Å²) >= 11 is 2.10. The third-order valence-corrected chi connectivity index (χ3v) is 8.66. The Morgan fingerprint density at radius 2 is 1.71 bits per heavy atom. The molecule has 3 N–H and O–H groups in total. The first-order valence-corrected chi connectivity index (χ1v) is 17.0. The number of aromatic nitrogens is 1. The van der Waals surface area contributed by atoms with Gasteiger partial charge in [0.2, 0.25) is 0 Å². The normalized spacial score (nSPS) is 13.2. The van der Waals surface area contributed by atoms with Crippen LogP contribution in [0.5, 0.6) is 11.5 Å². The van der Waals surface area contributed by atoms with E-state index in [4.69, 9.17) is 9.47 Å². The van der Waals surface area contributed by atoms with E-state index in [1.807, 2.05) is 73.7 Å². The second kappa shape index (κ2) is 19.7. The molecule has 0 radical (unpaired) electrons. The van der Waals surface area contributed by atoms with Crippen molar-refractivity contribution in [2.75, 3.05) is 32.1 Å². The van der Waals surface area contributed by atoms with E-state index < -0.39 is 11.8 Å². The van der Waals surface area contributed by atoms with Crippen LogP contribution in [0.1, 0.15) is 35.6 Å². The fourth-order valence-corrected chi connectivity index (χ4v) is 5.88. The third-order valence-electron chi connectivity index (χ3n) is 8.04. The molecule has 1 saturated heterocycles. The monoisotopic (exact) mass is 992 g/mol. The van der Waals surface area contributed by atoms with Crippen molar-refractivity contribution in [3.63, 3.8) is 0 Å². The smallest absolute Gasteiger partial charge is 0.503 e. The molecular weight excluding hydrogens is 953 g/mol. The molecular formula is C39H39IN4O4U. The first kappa shape index (κ1) is 38.4. The summed E-state index contributed by atoms with van der Waals surface area (Å²) in [5.74, 6) is 0.781. The summed E-state index contributed by atoms with van der Waals surface area (Å²) in [4.78, 5) is 29.2. The van der Waals surface area contributed by atoms with Gasteiger partial charge in [-0.1, -0.05) is 104 Å². The number of amides is 2. The molecule has 2 heterocycles. The van der Waals surface area contributed by atoms with Crippen LogP contribution < -0.4 is 25.4 Å². The van der Waals surface area contributed by atoms with Gasteiger partial charge in [-0.15, -0.1) is 29.7 Å². The van der Waals surface area contributed by atoms with Crippen LogP contribution in [0.3, 0.4) is 0 Å². The van der Waals surface area contributed by atoms with Gasteiger partial charge in [0.25, 0.3) is 0 Å². The van der Waals surface area contributed by atoms with Gasteiger partial charge in [0.05, 0.1) is 19.8 Å². The number of benzene rings is 4. The van der Waals surface area contributed by atoms with Crippen LogP contribution in [0.25, 0.3) is 10.9 Å². The first-order valence-electron chi connectivity index (χ1n) is 16.0. The Labute approximate surface area is 325 Å². The molecule has 1 aromatic heterocycles. The molecule has 1 unspecified atom stereocenters. The van der Waals surface area contributed by atoms with Crippen LogP contribution in [-0.4, -0.2) is 43.6 Å². The molecule has 4 aromatic carbocycles. The third kappa shape index (κ3) is 11.8. The number of halogens is 1. The molecule has 1 atom stereocenters. The summed E-state index contributed by atoms with van der Waals surface area (Å²) in [5, 5.41) is 9.81. The van der Waals surface area contributed by atoms with E-state index in [0.29, 0.717) is 18.0 Å². The molecule has 0 bridgehead atoms. The van der Waals surface area contributed by atoms with Crippen LogP contribution in [-0.2, 0) is 16.0 Å². The van der Waals surface area contributed by atoms with Gasteiger partial charge in [0, 0.05) is 0 Å². The van der Waals surface area contributed by atoms with Crippen molar-refractivity contribution in [3.8, 4) is 11.5 Å². The number of fused-ring (bicyclic) bond motifs is 1. The van der Waals surface area contributed by atoms with Crippen molar-refractivity contribution in [1.82, 2.24) is 15.6 Å². The minimum absolute atomic E-state index is 0. The summed E-state index contributed by atoms with van der Waals surface area (Å²) in [6.07, 6.45) is 4.68. The average Bonchev–Trinajstić information content (AvgIpc) is 3.12. The van der Waals surface area contributed by atoms with E-state index in [0.717, 1.165) is 56.8 Å². The standard InChI is InChI=1S/C23H20IN2O2.C16H19N2O2.U/c1-16-10-12-17(13-11-16)14-21(18-6-3-2-4-7-18)26-23(28)22(27)25-20-9-5-8-19(24)15-20;1-19-15-9-13-3-2-6-18-14(13)10-16(15)20-11-12-4-7-17-8-5-12;/h2-7,9-13,15,21H,14H2,1H3,(H,25,27)(H,26,28);2,6,9-10,12,17H,4-5,7-8,11H2,1H3;/q2*-1;+2. The fraction of sp³-hybridized carbons (Fsp3) is 0.256. The average molecular weight is 993 g/mol. The molecule has 6 rings (SSSR count). The van der Waals surface area contributed by atoms with Gasteiger partial charge >= 0.3 is 42.9 Å². The van der Waals surface area contributed by atoms with Crippen LogP contribution >= 0.6 is 22.6 Å². The van der Waals surface area contributed by atoms with E-state index in [9.17, 15) is 9.59 Å². The largest absolute Gasteiger partial charge is 2.00 e. The Morgan fingerprint density at radius 3 is 2.43 bits per heavy atom. The predicted octanol–water partition coefficient (Wildman–Crippen LogP) is 6.86. The number of anilines is 1. The Morgan fingerprint density at radius 1 is 0.959 bits per heavy atom. The molecule has 0 aliphatic carbocycles. The SMILES string of the molecule is COc1cc2[c-]ccnc2cc1OCC1CCNCC1.Cc1ccc(CC(NC(=O)C(=O)Nc2cc[c-]c(I)c2)c2ccccc2)cc1.[U+2]. The van der Waals surface area contributed by atoms with E-state index in [1.165, 1.54) is 18.4 Å². The van der Waals surface area contributed by atoms with Crippen molar-refractivity contribution in [1.29, 1.82) is 0 Å². The zero-order valence-corrected chi connectivity index (χ0v) is 33.9. The first-order chi connectivity index (χ1) is 23.4. The summed E-state index contributed by atoms with van der Waals surface area (Å²) in [6.45, 7) is 4.94. The number of nitrogens with one attached hydrogen (secondary N) is 3. The molecule has 0 saturated carbocycles. The van der Waals surface area contributed by atoms with E-state index >= 15 is 0 Å². The minimum atomic E-state index is -0.688. The number of hydrogen-bond donors (Lipinski definition) is 3. The number of carbonyl (C=O) groups is 2. The number of piperidine rings is 1. The molecule has 250 valence electrons. The molecule has 2 amide bonds. The molecule has 49 heavy (non-hydrogen) atoms. The maximum Gasteiger partial charge on any atom is 2.00 e. The number of hydrogen-bond acceptors (Lipinski definition) is 6. The Kier molecular flexibility index (Phi) is 15.4. The number of carbonyl (C=O) groups excluding carboxylic acids is 2. The number of nitrogens with zero attached hydrogens (tertiary/aromatic N) is 1. The predicted molar refractivity (Wildman–Crippen MR) is 197 cm³/mol. The summed E-state index contributed by atoms with van der Waals surface area (Å²) in [6, 6.07) is 34.5. The molecule has 0 spiro atoms. The van der Waals surface area contributed by atoms with Crippen LogP contribution in [0.4, 0.5) is 5.69 Å². The number of methoxy groups -OCH3 is 1. The molecule has 8 nitrogen and oxygen atoms in total. The van der Waals surface area contributed by atoms with Gasteiger partial charge in [0.15, 0.2) is 0 Å². The van der Waals surface area contributed by atoms with E-state index in [2.05, 4.69) is 55.7 Å². The van der Waals surface area contributed by atoms with Crippen LogP contribution in [0.15, 0.2) is 97.2 Å². The topological polar surface area (TPSA) is 102 Å². The Bertz CT molecular complexity index is 1800. The minimum Gasteiger partial charge on any atom is -0.503 e. The second-order valence-electron chi connectivity index (χ2n) is 11.6. The van der Waals surface area contributed by atoms with Gasteiger partial charge in [-0.25, -0.2) is 0 Å². The molecule has 1 fully saturated rings. The summed E-state index contributed by atoms with van der Waals surface area (Å²) in [5.41, 5.74) is 4.67. The number of rotatable bonds is 9. The molecule has 5 aromatic rings. The van der Waals surface area contributed by atoms with E-state index in [-0.39, 0.29) is 37.2 Å². The van der Waals surface area contributed by atoms with Crippen molar-refractivity contribution < 1.29 is 50.2 Å². The summed E-state index contributed by atoms with van der Waals surface area (Å²) in [7, 11) is 1.66. The van der Waals surface area contributed by atoms with Gasteiger partial charge in [-0.05, 0) is 67.9 Å². The zero-order chi connectivity index (χ0) is 33.7. The Hall–Kier alpha value is -3.43. The van der Waals surface area contributed by atoms with Gasteiger partial charge in [-0.3, -0.25) is 9.59 Å². The number of aryl methyl sites for hydroxylation is 1. The maximum atomic E-state index is 12.5. The molecule has 1 aliphatic heterocycles. The zero-order valence-electron chi connectivity index (χ0n) is 27.6. The maximum absolute atomic E-state index is 12.5. The van der Waals surface area contributed by atoms with Gasteiger partial charge in [-0.2, -0.15) is 12.1 Å². The molecule has 10 heteroatoms. The van der Waals surface area contributed by atoms with Crippen molar-refractivity contribution in [3.05, 3.63) is 130 Å². The number of ether oxygens (including phenoxy) is 2. The summed E-state index contributed by atoms with van der Waals surface area (Å²) < 4.78 is 12.2. The van der Waals surface area contributed by atoms with Crippen molar-refractivity contribution >= 4 is 51.0 Å². The fourth-order valence-electron chi connectivity index (χ4n) is 5.37.